The van der Waals surface area contributed by atoms with Crippen LogP contribution < -0.4 is 11.3 Å². The Morgan fingerprint density at radius 1 is 1.47 bits per heavy atom. The van der Waals surface area contributed by atoms with Crippen LogP contribution in [0.4, 0.5) is 4.79 Å². The minimum absolute atomic E-state index is 0.288. The molecule has 0 aliphatic carbocycles. The molecule has 1 aromatic rings. The van der Waals surface area contributed by atoms with E-state index in [0.717, 1.165) is 12.0 Å². The molecule has 2 amide bonds. The number of hydrogen-bond donors (Lipinski definition) is 2. The van der Waals surface area contributed by atoms with Crippen LogP contribution in [0.3, 0.4) is 0 Å². The largest absolute Gasteiger partial charge is 0.331 e. The van der Waals surface area contributed by atoms with Gasteiger partial charge >= 0.3 is 6.03 Å². The summed E-state index contributed by atoms with van der Waals surface area (Å²) in [6, 6.07) is 7.26. The topological polar surface area (TPSA) is 58.4 Å². The maximum atomic E-state index is 11.1. The number of halogens is 1. The van der Waals surface area contributed by atoms with Crippen molar-refractivity contribution >= 4 is 17.6 Å². The highest BCUT2D eigenvalue weighted by atomic mass is 35.5. The number of likely N-dealkylation sites (N-methyl/N-ethyl adjacent to an activating group) is 1. The van der Waals surface area contributed by atoms with Gasteiger partial charge in [0.05, 0.1) is 0 Å². The smallest absolute Gasteiger partial charge is 0.326 e. The number of amides is 2. The predicted molar refractivity (Wildman–Crippen MR) is 60.5 cm³/mol. The molecule has 0 fully saturated rings. The zero-order valence-electron chi connectivity index (χ0n) is 8.53. The average Bonchev–Trinajstić information content (AvgIpc) is 2.26. The van der Waals surface area contributed by atoms with E-state index in [1.165, 1.54) is 4.90 Å². The first-order chi connectivity index (χ1) is 7.13. The van der Waals surface area contributed by atoms with E-state index in [1.54, 1.807) is 7.05 Å². The van der Waals surface area contributed by atoms with E-state index in [1.807, 2.05) is 24.3 Å². The molecular weight excluding hydrogens is 214 g/mol. The van der Waals surface area contributed by atoms with Gasteiger partial charge in [0.15, 0.2) is 0 Å². The number of rotatable bonds is 3. The van der Waals surface area contributed by atoms with Crippen LogP contribution >= 0.6 is 11.6 Å². The van der Waals surface area contributed by atoms with Crippen molar-refractivity contribution in [1.29, 1.82) is 0 Å². The summed E-state index contributed by atoms with van der Waals surface area (Å²) in [5.41, 5.74) is 3.21. The van der Waals surface area contributed by atoms with Crippen LogP contribution in [-0.4, -0.2) is 24.5 Å². The number of benzene rings is 1. The fourth-order valence-corrected chi connectivity index (χ4v) is 1.29. The number of nitrogens with two attached hydrogens (primary N) is 1. The highest BCUT2D eigenvalue weighted by Crippen LogP contribution is 2.10. The van der Waals surface area contributed by atoms with Gasteiger partial charge in [-0.15, -0.1) is 0 Å². The van der Waals surface area contributed by atoms with Crippen molar-refractivity contribution in [3.8, 4) is 0 Å². The number of hydrogen-bond acceptors (Lipinski definition) is 2. The van der Waals surface area contributed by atoms with Crippen LogP contribution in [0.1, 0.15) is 5.56 Å². The molecule has 3 N–H and O–H groups in total. The lowest BCUT2D eigenvalue weighted by Crippen LogP contribution is -2.41. The second-order valence-corrected chi connectivity index (χ2v) is 3.68. The summed E-state index contributed by atoms with van der Waals surface area (Å²) in [6.45, 7) is 0.616. The molecule has 0 aliphatic rings. The monoisotopic (exact) mass is 227 g/mol. The molecular formula is C10H14ClN3O. The Kier molecular flexibility index (Phi) is 4.39. The van der Waals surface area contributed by atoms with Crippen molar-refractivity contribution in [3.63, 3.8) is 0 Å². The first-order valence-electron chi connectivity index (χ1n) is 4.59. The van der Waals surface area contributed by atoms with Gasteiger partial charge in [-0.2, -0.15) is 0 Å². The Bertz CT molecular complexity index is 326. The molecule has 1 rings (SSSR count). The summed E-state index contributed by atoms with van der Waals surface area (Å²) >= 11 is 5.76. The fraction of sp³-hybridized carbons (Fsp3) is 0.300. The quantitative estimate of drug-likeness (QED) is 0.466. The van der Waals surface area contributed by atoms with Gasteiger partial charge in [-0.1, -0.05) is 23.7 Å². The van der Waals surface area contributed by atoms with Gasteiger partial charge in [-0.25, -0.2) is 10.6 Å². The lowest BCUT2D eigenvalue weighted by Gasteiger charge is -2.15. The number of nitrogens with zero attached hydrogens (tertiary/aromatic N) is 1. The van der Waals surface area contributed by atoms with E-state index in [9.17, 15) is 4.79 Å². The molecule has 0 radical (unpaired) electrons. The molecule has 82 valence electrons. The first-order valence-corrected chi connectivity index (χ1v) is 4.97. The molecule has 0 spiro atoms. The third kappa shape index (κ3) is 3.77. The fourth-order valence-electron chi connectivity index (χ4n) is 1.16. The first kappa shape index (κ1) is 11.8. The maximum Gasteiger partial charge on any atom is 0.331 e. The highest BCUT2D eigenvalue weighted by Gasteiger charge is 2.05. The van der Waals surface area contributed by atoms with Crippen molar-refractivity contribution < 1.29 is 4.79 Å². The zero-order valence-corrected chi connectivity index (χ0v) is 9.29. The molecule has 15 heavy (non-hydrogen) atoms. The summed E-state index contributed by atoms with van der Waals surface area (Å²) in [5, 5.41) is 0.715. The SMILES string of the molecule is CN(CCc1ccc(Cl)cc1)C(=O)NN. The Balaban J connectivity index is 2.43. The van der Waals surface area contributed by atoms with E-state index < -0.39 is 0 Å². The van der Waals surface area contributed by atoms with Crippen LogP contribution in [0.5, 0.6) is 0 Å². The standard InChI is InChI=1S/C10H14ClN3O/c1-14(10(15)13-12)7-6-8-2-4-9(11)5-3-8/h2-5H,6-7,12H2,1H3,(H,13,15). The van der Waals surface area contributed by atoms with Crippen molar-refractivity contribution in [2.45, 2.75) is 6.42 Å². The Hall–Kier alpha value is -1.26. The third-order valence-electron chi connectivity index (χ3n) is 2.12. The maximum absolute atomic E-state index is 11.1. The van der Waals surface area contributed by atoms with Gasteiger partial charge in [0, 0.05) is 18.6 Å². The van der Waals surface area contributed by atoms with Crippen molar-refractivity contribution in [1.82, 2.24) is 10.3 Å². The molecule has 0 bridgehead atoms. The lowest BCUT2D eigenvalue weighted by molar-refractivity contribution is 0.209. The van der Waals surface area contributed by atoms with E-state index in [2.05, 4.69) is 5.43 Å². The summed E-state index contributed by atoms with van der Waals surface area (Å²) < 4.78 is 0. The molecule has 0 aromatic heterocycles. The van der Waals surface area contributed by atoms with Gasteiger partial charge in [-0.05, 0) is 24.1 Å². The summed E-state index contributed by atoms with van der Waals surface area (Å²) in [5.74, 6) is 5.00. The van der Waals surface area contributed by atoms with E-state index in [4.69, 9.17) is 17.4 Å². The molecule has 0 saturated heterocycles. The minimum atomic E-state index is -0.288. The van der Waals surface area contributed by atoms with Crippen LogP contribution in [-0.2, 0) is 6.42 Å². The van der Waals surface area contributed by atoms with Crippen molar-refractivity contribution in [3.05, 3.63) is 34.9 Å². The van der Waals surface area contributed by atoms with Gasteiger partial charge < -0.3 is 4.90 Å². The highest BCUT2D eigenvalue weighted by molar-refractivity contribution is 6.30. The van der Waals surface area contributed by atoms with Crippen LogP contribution in [0.25, 0.3) is 0 Å². The van der Waals surface area contributed by atoms with Gasteiger partial charge in [0.25, 0.3) is 0 Å². The summed E-state index contributed by atoms with van der Waals surface area (Å²) in [7, 11) is 1.69. The minimum Gasteiger partial charge on any atom is -0.326 e. The van der Waals surface area contributed by atoms with Gasteiger partial charge in [-0.3, -0.25) is 5.43 Å². The number of carbonyl (C=O) groups excluding carboxylic acids is 1. The van der Waals surface area contributed by atoms with Crippen LogP contribution in [0.2, 0.25) is 5.02 Å². The average molecular weight is 228 g/mol. The number of urea groups is 1. The van der Waals surface area contributed by atoms with Crippen LogP contribution in [0, 0.1) is 0 Å². The third-order valence-corrected chi connectivity index (χ3v) is 2.37. The zero-order chi connectivity index (χ0) is 11.3. The van der Waals surface area contributed by atoms with E-state index >= 15 is 0 Å². The lowest BCUT2D eigenvalue weighted by atomic mass is 10.1. The molecule has 1 aromatic carbocycles. The molecule has 0 saturated carbocycles. The number of carbonyl (C=O) groups is 1. The summed E-state index contributed by atoms with van der Waals surface area (Å²) in [4.78, 5) is 12.6. The van der Waals surface area contributed by atoms with Gasteiger partial charge in [0.1, 0.15) is 0 Å². The molecule has 0 atom stereocenters. The second kappa shape index (κ2) is 5.58. The molecule has 0 aliphatic heterocycles. The van der Waals surface area contributed by atoms with Crippen molar-refractivity contribution in [2.24, 2.45) is 5.84 Å². The molecule has 5 heteroatoms. The second-order valence-electron chi connectivity index (χ2n) is 3.25. The van der Waals surface area contributed by atoms with Gasteiger partial charge in [0.2, 0.25) is 0 Å². The van der Waals surface area contributed by atoms with Crippen LogP contribution in [0.15, 0.2) is 24.3 Å². The normalized spacial score (nSPS) is 9.80. The summed E-state index contributed by atoms with van der Waals surface area (Å²) in [6.07, 6.45) is 0.779. The van der Waals surface area contributed by atoms with E-state index in [-0.39, 0.29) is 6.03 Å². The number of hydrazine groups is 1. The molecule has 4 nitrogen and oxygen atoms in total. The Labute approximate surface area is 94.0 Å². The Morgan fingerprint density at radius 3 is 2.60 bits per heavy atom. The molecule has 0 heterocycles. The number of nitrogens with one attached hydrogen (secondary N) is 1. The van der Waals surface area contributed by atoms with E-state index in [0.29, 0.717) is 11.6 Å². The molecule has 0 unspecified atom stereocenters. The van der Waals surface area contributed by atoms with Crippen molar-refractivity contribution in [2.75, 3.05) is 13.6 Å². The predicted octanol–water partition coefficient (Wildman–Crippen LogP) is 1.40. The Morgan fingerprint density at radius 2 is 2.07 bits per heavy atom.